The van der Waals surface area contributed by atoms with Gasteiger partial charge in [0.25, 0.3) is 0 Å². The molecule has 2 aromatic carbocycles. The Morgan fingerprint density at radius 3 is 2.30 bits per heavy atom. The summed E-state index contributed by atoms with van der Waals surface area (Å²) in [6.07, 6.45) is 1.00. The topological polar surface area (TPSA) is 75.7 Å². The number of hydrogen-bond acceptors (Lipinski definition) is 4. The zero-order valence-electron chi connectivity index (χ0n) is 15.5. The molecule has 6 nitrogen and oxygen atoms in total. The van der Waals surface area contributed by atoms with Crippen molar-refractivity contribution in [1.29, 1.82) is 0 Å². The van der Waals surface area contributed by atoms with Crippen LogP contribution in [0.15, 0.2) is 48.5 Å². The number of aryl methyl sites for hydroxylation is 1. The zero-order chi connectivity index (χ0) is 20.0. The molecule has 0 aliphatic rings. The smallest absolute Gasteiger partial charge is 0.243 e. The Labute approximate surface area is 159 Å². The molecule has 0 radical (unpaired) electrons. The highest BCUT2D eigenvalue weighted by atomic mass is 32.2. The summed E-state index contributed by atoms with van der Waals surface area (Å²) in [5.41, 5.74) is 1.34. The summed E-state index contributed by atoms with van der Waals surface area (Å²) in [7, 11) is -3.73. The van der Waals surface area contributed by atoms with Crippen molar-refractivity contribution in [1.82, 2.24) is 5.32 Å². The molecule has 0 fully saturated rings. The number of rotatable bonds is 8. The van der Waals surface area contributed by atoms with Crippen LogP contribution in [0.2, 0.25) is 0 Å². The molecule has 0 bridgehead atoms. The summed E-state index contributed by atoms with van der Waals surface area (Å²) in [5, 5.41) is 2.65. The van der Waals surface area contributed by atoms with Crippen molar-refractivity contribution < 1.29 is 22.3 Å². The van der Waals surface area contributed by atoms with Gasteiger partial charge in [-0.15, -0.1) is 0 Å². The largest absolute Gasteiger partial charge is 0.492 e. The van der Waals surface area contributed by atoms with Gasteiger partial charge in [-0.1, -0.05) is 17.7 Å². The Kier molecular flexibility index (Phi) is 6.79. The van der Waals surface area contributed by atoms with E-state index in [0.29, 0.717) is 5.75 Å². The first-order valence-corrected chi connectivity index (χ1v) is 10.3. The van der Waals surface area contributed by atoms with Crippen LogP contribution in [0, 0.1) is 12.7 Å². The highest BCUT2D eigenvalue weighted by molar-refractivity contribution is 7.92. The second-order valence-electron chi connectivity index (χ2n) is 6.16. The van der Waals surface area contributed by atoms with Crippen molar-refractivity contribution in [2.75, 3.05) is 23.7 Å². The molecule has 0 saturated carbocycles. The fraction of sp³-hybridized carbons (Fsp3) is 0.316. The number of amides is 1. The third-order valence-electron chi connectivity index (χ3n) is 3.86. The minimum absolute atomic E-state index is 0.220. The molecule has 8 heteroatoms. The number of ether oxygens (including phenoxy) is 1. The molecule has 0 aliphatic carbocycles. The lowest BCUT2D eigenvalue weighted by Crippen LogP contribution is -2.48. The lowest BCUT2D eigenvalue weighted by Gasteiger charge is -2.28. The van der Waals surface area contributed by atoms with E-state index in [4.69, 9.17) is 4.74 Å². The quantitative estimate of drug-likeness (QED) is 0.698. The first kappa shape index (κ1) is 20.7. The molecule has 0 aromatic heterocycles. The van der Waals surface area contributed by atoms with Crippen molar-refractivity contribution in [3.8, 4) is 5.75 Å². The van der Waals surface area contributed by atoms with Gasteiger partial charge in [0.2, 0.25) is 15.9 Å². The van der Waals surface area contributed by atoms with Crippen LogP contribution in [0.5, 0.6) is 5.75 Å². The number of hydrogen-bond donors (Lipinski definition) is 1. The SMILES string of the molecule is Cc1ccc(OCCNC(=O)[C@@H](C)N(c2ccc(F)cc2)S(C)(=O)=O)cc1. The summed E-state index contributed by atoms with van der Waals surface area (Å²) in [4.78, 5) is 12.4. The van der Waals surface area contributed by atoms with Crippen LogP contribution >= 0.6 is 0 Å². The van der Waals surface area contributed by atoms with Crippen molar-refractivity contribution >= 4 is 21.6 Å². The van der Waals surface area contributed by atoms with E-state index < -0.39 is 27.8 Å². The molecule has 2 aromatic rings. The van der Waals surface area contributed by atoms with Gasteiger partial charge in [0.15, 0.2) is 0 Å². The van der Waals surface area contributed by atoms with Gasteiger partial charge in [0, 0.05) is 0 Å². The van der Waals surface area contributed by atoms with E-state index >= 15 is 0 Å². The molecule has 1 N–H and O–H groups in total. The number of anilines is 1. The van der Waals surface area contributed by atoms with Crippen LogP contribution in [0.3, 0.4) is 0 Å². The summed E-state index contributed by atoms with van der Waals surface area (Å²) in [6.45, 7) is 3.91. The predicted octanol–water partition coefficient (Wildman–Crippen LogP) is 2.48. The number of sulfonamides is 1. The normalized spacial score (nSPS) is 12.3. The van der Waals surface area contributed by atoms with Gasteiger partial charge >= 0.3 is 0 Å². The summed E-state index contributed by atoms with van der Waals surface area (Å²) in [6, 6.07) is 11.4. The number of nitrogens with one attached hydrogen (secondary N) is 1. The number of nitrogens with zero attached hydrogens (tertiary/aromatic N) is 1. The van der Waals surface area contributed by atoms with E-state index in [1.54, 1.807) is 0 Å². The highest BCUT2D eigenvalue weighted by Crippen LogP contribution is 2.21. The van der Waals surface area contributed by atoms with E-state index in [0.717, 1.165) is 28.3 Å². The van der Waals surface area contributed by atoms with E-state index in [9.17, 15) is 17.6 Å². The molecular weight excluding hydrogens is 371 g/mol. The monoisotopic (exact) mass is 394 g/mol. The molecule has 1 atom stereocenters. The molecule has 0 saturated heterocycles. The van der Waals surface area contributed by atoms with Gasteiger partial charge in [-0.25, -0.2) is 12.8 Å². The van der Waals surface area contributed by atoms with Crippen LogP contribution in [-0.4, -0.2) is 39.8 Å². The van der Waals surface area contributed by atoms with Gasteiger partial charge in [-0.3, -0.25) is 9.10 Å². The molecule has 0 spiro atoms. The lowest BCUT2D eigenvalue weighted by atomic mass is 10.2. The van der Waals surface area contributed by atoms with E-state index in [2.05, 4.69) is 5.32 Å². The number of carbonyl (C=O) groups is 1. The van der Waals surface area contributed by atoms with E-state index in [1.165, 1.54) is 19.1 Å². The van der Waals surface area contributed by atoms with Gasteiger partial charge in [-0.05, 0) is 50.2 Å². The number of benzene rings is 2. The molecule has 146 valence electrons. The Bertz CT molecular complexity index is 868. The third-order valence-corrected chi connectivity index (χ3v) is 5.10. The summed E-state index contributed by atoms with van der Waals surface area (Å²) >= 11 is 0. The lowest BCUT2D eigenvalue weighted by molar-refractivity contribution is -0.121. The molecule has 1 amide bonds. The van der Waals surface area contributed by atoms with E-state index in [1.807, 2.05) is 31.2 Å². The Balaban J connectivity index is 1.96. The van der Waals surface area contributed by atoms with Gasteiger partial charge in [0.05, 0.1) is 18.5 Å². The maximum atomic E-state index is 13.1. The molecular formula is C19H23FN2O4S. The molecule has 0 unspecified atom stereocenters. The predicted molar refractivity (Wildman–Crippen MR) is 103 cm³/mol. The number of carbonyl (C=O) groups excluding carboxylic acids is 1. The molecule has 2 rings (SSSR count). The second-order valence-corrected chi connectivity index (χ2v) is 8.02. The van der Waals surface area contributed by atoms with Gasteiger partial charge in [-0.2, -0.15) is 0 Å². The van der Waals surface area contributed by atoms with Crippen LogP contribution in [0.25, 0.3) is 0 Å². The van der Waals surface area contributed by atoms with E-state index in [-0.39, 0.29) is 18.8 Å². The third kappa shape index (κ3) is 5.96. The van der Waals surface area contributed by atoms with Gasteiger partial charge in [0.1, 0.15) is 24.2 Å². The van der Waals surface area contributed by atoms with Crippen molar-refractivity contribution in [3.05, 3.63) is 59.9 Å². The Morgan fingerprint density at radius 1 is 1.15 bits per heavy atom. The fourth-order valence-corrected chi connectivity index (χ4v) is 3.70. The van der Waals surface area contributed by atoms with Crippen molar-refractivity contribution in [3.63, 3.8) is 0 Å². The first-order valence-electron chi connectivity index (χ1n) is 8.40. The Morgan fingerprint density at radius 2 is 1.74 bits per heavy atom. The minimum Gasteiger partial charge on any atom is -0.492 e. The standard InChI is InChI=1S/C19H23FN2O4S/c1-14-4-10-18(11-5-14)26-13-12-21-19(23)15(2)22(27(3,24)25)17-8-6-16(20)7-9-17/h4-11,15H,12-13H2,1-3H3,(H,21,23)/t15-/m1/s1. The van der Waals surface area contributed by atoms with Crippen LogP contribution in [0.4, 0.5) is 10.1 Å². The summed E-state index contributed by atoms with van der Waals surface area (Å²) < 4.78 is 43.9. The fourth-order valence-electron chi connectivity index (χ4n) is 2.52. The second kappa shape index (κ2) is 8.85. The van der Waals surface area contributed by atoms with Crippen LogP contribution in [-0.2, 0) is 14.8 Å². The minimum atomic E-state index is -3.73. The molecule has 0 aliphatic heterocycles. The van der Waals surface area contributed by atoms with Crippen LogP contribution < -0.4 is 14.4 Å². The average Bonchev–Trinajstić information content (AvgIpc) is 2.60. The number of halogens is 1. The highest BCUT2D eigenvalue weighted by Gasteiger charge is 2.28. The van der Waals surface area contributed by atoms with Crippen molar-refractivity contribution in [2.45, 2.75) is 19.9 Å². The first-order chi connectivity index (χ1) is 12.7. The zero-order valence-corrected chi connectivity index (χ0v) is 16.3. The van der Waals surface area contributed by atoms with Crippen LogP contribution in [0.1, 0.15) is 12.5 Å². The average molecular weight is 394 g/mol. The maximum Gasteiger partial charge on any atom is 0.243 e. The Hall–Kier alpha value is -2.61. The summed E-state index contributed by atoms with van der Waals surface area (Å²) in [5.74, 6) is -0.276. The van der Waals surface area contributed by atoms with Gasteiger partial charge < -0.3 is 10.1 Å². The maximum absolute atomic E-state index is 13.1. The van der Waals surface area contributed by atoms with Crippen molar-refractivity contribution in [2.24, 2.45) is 0 Å². The molecule has 27 heavy (non-hydrogen) atoms. The molecule has 0 heterocycles.